The number of H-pyrrole nitrogens is 1. The van der Waals surface area contributed by atoms with E-state index < -0.39 is 24.0 Å². The standard InChI is InChI=1S/C18H18ClN3O5/c1-26-15-9-12(20-18(21-15)27-2)16(23)22-13(7-8-14(22)17(24)25)10-5-3-4-6-11(10)19/h3-6,9,13-14H,7-8H2,1-2H3,(H,24,25)/p+1/t13-,14+/m1/s1. The number of hydrogen-bond donors (Lipinski definition) is 1. The van der Waals surface area contributed by atoms with Gasteiger partial charge in [-0.3, -0.25) is 4.79 Å². The van der Waals surface area contributed by atoms with Crippen molar-refractivity contribution in [3.8, 4) is 11.9 Å². The SMILES string of the molecule is COc1cc(C(=O)N2[C@@H](c3ccccc3Cl)CC[C@H]2C(=O)O)nc(OC)[nH+]1. The number of aromatic amines is 1. The normalized spacial score (nSPS) is 19.0. The molecule has 0 radical (unpaired) electrons. The van der Waals surface area contributed by atoms with Crippen LogP contribution in [0.2, 0.25) is 5.02 Å². The minimum absolute atomic E-state index is 0.0210. The molecule has 1 aliphatic heterocycles. The van der Waals surface area contributed by atoms with Crippen molar-refractivity contribution in [1.82, 2.24) is 9.88 Å². The maximum Gasteiger partial charge on any atom is 0.499 e. The molecule has 1 aliphatic rings. The van der Waals surface area contributed by atoms with Crippen molar-refractivity contribution in [3.63, 3.8) is 0 Å². The molecule has 1 aromatic heterocycles. The largest absolute Gasteiger partial charge is 0.499 e. The molecule has 0 unspecified atom stereocenters. The number of amides is 1. The van der Waals surface area contributed by atoms with Gasteiger partial charge in [-0.25, -0.2) is 4.79 Å². The quantitative estimate of drug-likeness (QED) is 0.834. The van der Waals surface area contributed by atoms with E-state index >= 15 is 0 Å². The Morgan fingerprint density at radius 2 is 2.00 bits per heavy atom. The highest BCUT2D eigenvalue weighted by atomic mass is 35.5. The highest BCUT2D eigenvalue weighted by molar-refractivity contribution is 6.31. The third kappa shape index (κ3) is 3.66. The third-order valence-electron chi connectivity index (χ3n) is 4.52. The number of likely N-dealkylation sites (tertiary alicyclic amines) is 1. The summed E-state index contributed by atoms with van der Waals surface area (Å²) in [6.07, 6.45) is 0.809. The van der Waals surface area contributed by atoms with Crippen molar-refractivity contribution in [2.24, 2.45) is 0 Å². The van der Waals surface area contributed by atoms with Crippen LogP contribution in [0.4, 0.5) is 0 Å². The zero-order chi connectivity index (χ0) is 19.6. The number of carboxylic acids is 1. The molecule has 1 saturated heterocycles. The molecule has 9 heteroatoms. The molecule has 2 atom stereocenters. The van der Waals surface area contributed by atoms with Crippen molar-refractivity contribution >= 4 is 23.5 Å². The van der Waals surface area contributed by atoms with E-state index in [-0.39, 0.29) is 17.6 Å². The van der Waals surface area contributed by atoms with Gasteiger partial charge in [0, 0.05) is 10.0 Å². The molecule has 1 amide bonds. The van der Waals surface area contributed by atoms with Crippen LogP contribution in [0, 0.1) is 0 Å². The highest BCUT2D eigenvalue weighted by Crippen LogP contribution is 2.40. The van der Waals surface area contributed by atoms with Gasteiger partial charge in [0.2, 0.25) is 0 Å². The Morgan fingerprint density at radius 3 is 2.63 bits per heavy atom. The minimum Gasteiger partial charge on any atom is -0.480 e. The van der Waals surface area contributed by atoms with Crippen molar-refractivity contribution in [2.45, 2.75) is 24.9 Å². The van der Waals surface area contributed by atoms with Crippen LogP contribution in [0.25, 0.3) is 0 Å². The maximum absolute atomic E-state index is 13.2. The number of aromatic nitrogens is 2. The van der Waals surface area contributed by atoms with E-state index in [0.29, 0.717) is 23.4 Å². The molecule has 2 aromatic rings. The average Bonchev–Trinajstić information content (AvgIpc) is 3.12. The molecule has 8 nitrogen and oxygen atoms in total. The second-order valence-corrected chi connectivity index (χ2v) is 6.43. The van der Waals surface area contributed by atoms with E-state index in [2.05, 4.69) is 9.97 Å². The number of halogens is 1. The monoisotopic (exact) mass is 392 g/mol. The van der Waals surface area contributed by atoms with Gasteiger partial charge >= 0.3 is 12.0 Å². The molecule has 0 aliphatic carbocycles. The Hall–Kier alpha value is -2.87. The third-order valence-corrected chi connectivity index (χ3v) is 4.87. The summed E-state index contributed by atoms with van der Waals surface area (Å²) in [5.41, 5.74) is 0.727. The van der Waals surface area contributed by atoms with Gasteiger partial charge in [0.15, 0.2) is 0 Å². The summed E-state index contributed by atoms with van der Waals surface area (Å²) in [6.45, 7) is 0. The van der Waals surface area contributed by atoms with E-state index in [0.717, 1.165) is 0 Å². The van der Waals surface area contributed by atoms with Gasteiger partial charge in [-0.1, -0.05) is 29.8 Å². The molecule has 0 saturated carbocycles. The Kier molecular flexibility index (Phi) is 5.46. The molecule has 2 N–H and O–H groups in total. The van der Waals surface area contributed by atoms with Crippen LogP contribution < -0.4 is 14.5 Å². The lowest BCUT2D eigenvalue weighted by Gasteiger charge is -2.28. The molecule has 0 spiro atoms. The van der Waals surface area contributed by atoms with Crippen LogP contribution >= 0.6 is 11.6 Å². The minimum atomic E-state index is -1.07. The number of carbonyl (C=O) groups is 2. The number of carboxylic acid groups (broad SMARTS) is 1. The number of nitrogens with zero attached hydrogens (tertiary/aromatic N) is 2. The van der Waals surface area contributed by atoms with Gasteiger partial charge in [0.25, 0.3) is 17.5 Å². The molecule has 1 aromatic carbocycles. The van der Waals surface area contributed by atoms with Crippen molar-refractivity contribution in [2.75, 3.05) is 14.2 Å². The first-order valence-electron chi connectivity index (χ1n) is 8.28. The average molecular weight is 393 g/mol. The predicted molar refractivity (Wildman–Crippen MR) is 94.9 cm³/mol. The summed E-state index contributed by atoms with van der Waals surface area (Å²) >= 11 is 6.30. The number of aliphatic carboxylic acids is 1. The fourth-order valence-electron chi connectivity index (χ4n) is 3.27. The zero-order valence-electron chi connectivity index (χ0n) is 14.8. The number of rotatable bonds is 5. The van der Waals surface area contributed by atoms with Crippen molar-refractivity contribution < 1.29 is 29.2 Å². The summed E-state index contributed by atoms with van der Waals surface area (Å²) in [5.74, 6) is -1.33. The number of benzene rings is 1. The Bertz CT molecular complexity index is 854. The van der Waals surface area contributed by atoms with Crippen LogP contribution in [0.15, 0.2) is 30.3 Å². The Balaban J connectivity index is 2.05. The number of ether oxygens (including phenoxy) is 2. The van der Waals surface area contributed by atoms with Crippen LogP contribution in [0.3, 0.4) is 0 Å². The molecule has 3 rings (SSSR count). The topological polar surface area (TPSA) is 103 Å². The fourth-order valence-corrected chi connectivity index (χ4v) is 3.53. The van der Waals surface area contributed by atoms with Gasteiger partial charge in [-0.15, -0.1) is 0 Å². The Morgan fingerprint density at radius 1 is 1.26 bits per heavy atom. The highest BCUT2D eigenvalue weighted by Gasteiger charge is 2.44. The van der Waals surface area contributed by atoms with E-state index in [1.165, 1.54) is 25.2 Å². The number of carbonyl (C=O) groups excluding carboxylic acids is 1. The summed E-state index contributed by atoms with van der Waals surface area (Å²) < 4.78 is 10.2. The van der Waals surface area contributed by atoms with E-state index in [1.807, 2.05) is 0 Å². The predicted octanol–water partition coefficient (Wildman–Crippen LogP) is 2.00. The molecular formula is C18H19ClN3O5+. The van der Waals surface area contributed by atoms with Gasteiger partial charge in [-0.05, 0) is 24.5 Å². The molecule has 27 heavy (non-hydrogen) atoms. The van der Waals surface area contributed by atoms with Crippen LogP contribution in [-0.2, 0) is 4.79 Å². The second-order valence-electron chi connectivity index (χ2n) is 6.03. The first-order chi connectivity index (χ1) is 13.0. The molecule has 1 fully saturated rings. The number of nitrogens with one attached hydrogen (secondary N) is 1. The first kappa shape index (κ1) is 18.9. The van der Waals surface area contributed by atoms with Crippen molar-refractivity contribution in [3.05, 3.63) is 46.6 Å². The lowest BCUT2D eigenvalue weighted by molar-refractivity contribution is -0.411. The molecular weight excluding hydrogens is 374 g/mol. The van der Waals surface area contributed by atoms with Gasteiger partial charge in [-0.2, -0.15) is 4.98 Å². The first-order valence-corrected chi connectivity index (χ1v) is 8.66. The summed E-state index contributed by atoms with van der Waals surface area (Å²) in [6, 6.07) is 7.16. The lowest BCUT2D eigenvalue weighted by Crippen LogP contribution is -2.42. The van der Waals surface area contributed by atoms with Gasteiger partial charge < -0.3 is 19.5 Å². The van der Waals surface area contributed by atoms with Crippen LogP contribution in [0.5, 0.6) is 11.9 Å². The van der Waals surface area contributed by atoms with E-state index in [1.54, 1.807) is 24.3 Å². The van der Waals surface area contributed by atoms with Gasteiger partial charge in [0.05, 0.1) is 26.3 Å². The molecule has 0 bridgehead atoms. The summed E-state index contributed by atoms with van der Waals surface area (Å²) in [5, 5.41) is 10.1. The van der Waals surface area contributed by atoms with E-state index in [4.69, 9.17) is 21.1 Å². The Labute approximate surface area is 160 Å². The lowest BCUT2D eigenvalue weighted by atomic mass is 10.0. The molecule has 2 heterocycles. The summed E-state index contributed by atoms with van der Waals surface area (Å²) in [7, 11) is 2.83. The van der Waals surface area contributed by atoms with Crippen LogP contribution in [0.1, 0.15) is 34.9 Å². The number of methoxy groups -OCH3 is 2. The van der Waals surface area contributed by atoms with Gasteiger partial charge in [0.1, 0.15) is 6.04 Å². The smallest absolute Gasteiger partial charge is 0.480 e. The fraction of sp³-hybridized carbons (Fsp3) is 0.333. The van der Waals surface area contributed by atoms with Crippen molar-refractivity contribution in [1.29, 1.82) is 0 Å². The number of hydrogen-bond acceptors (Lipinski definition) is 5. The molecule has 142 valence electrons. The zero-order valence-corrected chi connectivity index (χ0v) is 15.6. The second kappa shape index (κ2) is 7.79. The van der Waals surface area contributed by atoms with E-state index in [9.17, 15) is 14.7 Å². The maximum atomic E-state index is 13.2. The summed E-state index contributed by atoms with van der Waals surface area (Å²) in [4.78, 5) is 33.2. The van der Waals surface area contributed by atoms with Crippen LogP contribution in [-0.4, -0.2) is 47.1 Å².